The SMILES string of the molecule is CC(=O)OCCC#CCO. The van der Waals surface area contributed by atoms with Crippen molar-refractivity contribution in [2.24, 2.45) is 0 Å². The van der Waals surface area contributed by atoms with Crippen LogP contribution in [0, 0.1) is 11.8 Å². The number of carbonyl (C=O) groups excluding carboxylic acids is 1. The standard InChI is InChI=1S/C7H10O3/c1-7(9)10-6-4-2-3-5-8/h8H,4-6H2,1H3. The molecule has 0 aromatic rings. The fourth-order valence-corrected chi connectivity index (χ4v) is 0.390. The van der Waals surface area contributed by atoms with E-state index in [1.807, 2.05) is 0 Å². The van der Waals surface area contributed by atoms with Crippen LogP contribution in [0.15, 0.2) is 0 Å². The van der Waals surface area contributed by atoms with Crippen LogP contribution in [-0.4, -0.2) is 24.3 Å². The van der Waals surface area contributed by atoms with E-state index >= 15 is 0 Å². The summed E-state index contributed by atoms with van der Waals surface area (Å²) in [6, 6.07) is 0. The first-order valence-corrected chi connectivity index (χ1v) is 2.97. The van der Waals surface area contributed by atoms with Gasteiger partial charge in [-0.1, -0.05) is 11.8 Å². The van der Waals surface area contributed by atoms with Crippen molar-refractivity contribution in [3.8, 4) is 11.8 Å². The number of aliphatic hydroxyl groups excluding tert-OH is 1. The molecule has 0 amide bonds. The third-order valence-corrected chi connectivity index (χ3v) is 0.736. The number of aliphatic hydroxyl groups is 1. The van der Waals surface area contributed by atoms with E-state index in [9.17, 15) is 4.79 Å². The lowest BCUT2D eigenvalue weighted by molar-refractivity contribution is -0.140. The molecule has 56 valence electrons. The Balaban J connectivity index is 3.13. The van der Waals surface area contributed by atoms with Crippen LogP contribution in [0.5, 0.6) is 0 Å². The highest BCUT2D eigenvalue weighted by Gasteiger charge is 1.87. The van der Waals surface area contributed by atoms with Crippen LogP contribution in [-0.2, 0) is 9.53 Å². The maximum Gasteiger partial charge on any atom is 0.302 e. The quantitative estimate of drug-likeness (QED) is 0.333. The van der Waals surface area contributed by atoms with Crippen molar-refractivity contribution in [1.82, 2.24) is 0 Å². The summed E-state index contributed by atoms with van der Waals surface area (Å²) in [5.74, 6) is 4.75. The van der Waals surface area contributed by atoms with Crippen molar-refractivity contribution >= 4 is 5.97 Å². The molecule has 0 bridgehead atoms. The minimum Gasteiger partial charge on any atom is -0.465 e. The maximum absolute atomic E-state index is 10.2. The zero-order valence-corrected chi connectivity index (χ0v) is 5.89. The molecule has 0 aromatic heterocycles. The Hall–Kier alpha value is -1.01. The van der Waals surface area contributed by atoms with Crippen molar-refractivity contribution in [2.75, 3.05) is 13.2 Å². The molecule has 3 nitrogen and oxygen atoms in total. The highest BCUT2D eigenvalue weighted by atomic mass is 16.5. The molecule has 0 aliphatic heterocycles. The van der Waals surface area contributed by atoms with Crippen LogP contribution in [0.25, 0.3) is 0 Å². The molecule has 0 saturated heterocycles. The Labute approximate surface area is 60.0 Å². The van der Waals surface area contributed by atoms with E-state index in [-0.39, 0.29) is 12.6 Å². The molecule has 0 atom stereocenters. The molecule has 0 fully saturated rings. The first-order chi connectivity index (χ1) is 4.77. The number of esters is 1. The smallest absolute Gasteiger partial charge is 0.302 e. The molecule has 0 aliphatic rings. The van der Waals surface area contributed by atoms with Gasteiger partial charge >= 0.3 is 5.97 Å². The van der Waals surface area contributed by atoms with E-state index in [0.717, 1.165) is 0 Å². The van der Waals surface area contributed by atoms with E-state index < -0.39 is 0 Å². The molecule has 1 N–H and O–H groups in total. The Morgan fingerprint density at radius 3 is 2.80 bits per heavy atom. The largest absolute Gasteiger partial charge is 0.465 e. The molecule has 0 radical (unpaired) electrons. The van der Waals surface area contributed by atoms with Gasteiger partial charge in [0, 0.05) is 13.3 Å². The Kier molecular flexibility index (Phi) is 5.50. The lowest BCUT2D eigenvalue weighted by atomic mass is 10.4. The first-order valence-electron chi connectivity index (χ1n) is 2.97. The van der Waals surface area contributed by atoms with E-state index in [0.29, 0.717) is 13.0 Å². The summed E-state index contributed by atoms with van der Waals surface area (Å²) in [6.07, 6.45) is 0.486. The summed E-state index contributed by atoms with van der Waals surface area (Å²) >= 11 is 0. The second kappa shape index (κ2) is 6.12. The summed E-state index contributed by atoms with van der Waals surface area (Å²) in [5.41, 5.74) is 0. The summed E-state index contributed by atoms with van der Waals surface area (Å²) in [4.78, 5) is 10.2. The Bertz CT molecular complexity index is 152. The monoisotopic (exact) mass is 142 g/mol. The van der Waals surface area contributed by atoms with Gasteiger partial charge in [-0.2, -0.15) is 0 Å². The normalized spacial score (nSPS) is 7.80. The van der Waals surface area contributed by atoms with Gasteiger partial charge in [-0.3, -0.25) is 4.79 Å². The predicted octanol–water partition coefficient (Wildman–Crippen LogP) is -0.0647. The van der Waals surface area contributed by atoms with Gasteiger partial charge in [0.05, 0.1) is 0 Å². The minimum atomic E-state index is -0.300. The van der Waals surface area contributed by atoms with Crippen molar-refractivity contribution in [1.29, 1.82) is 0 Å². The van der Waals surface area contributed by atoms with E-state index in [2.05, 4.69) is 16.6 Å². The lowest BCUT2D eigenvalue weighted by Gasteiger charge is -1.94. The van der Waals surface area contributed by atoms with Crippen LogP contribution >= 0.6 is 0 Å². The van der Waals surface area contributed by atoms with Crippen LogP contribution in [0.1, 0.15) is 13.3 Å². The van der Waals surface area contributed by atoms with Crippen molar-refractivity contribution in [2.45, 2.75) is 13.3 Å². The van der Waals surface area contributed by atoms with Gasteiger partial charge in [-0.25, -0.2) is 0 Å². The molecule has 10 heavy (non-hydrogen) atoms. The van der Waals surface area contributed by atoms with Crippen LogP contribution < -0.4 is 0 Å². The van der Waals surface area contributed by atoms with E-state index in [1.54, 1.807) is 0 Å². The fourth-order valence-electron chi connectivity index (χ4n) is 0.390. The molecule has 0 aromatic carbocycles. The summed E-state index contributed by atoms with van der Waals surface area (Å²) in [6.45, 7) is 1.52. The van der Waals surface area contributed by atoms with Crippen LogP contribution in [0.3, 0.4) is 0 Å². The average molecular weight is 142 g/mol. The number of ether oxygens (including phenoxy) is 1. The summed E-state index contributed by atoms with van der Waals surface area (Å²) < 4.78 is 4.57. The Morgan fingerprint density at radius 2 is 2.30 bits per heavy atom. The van der Waals surface area contributed by atoms with E-state index in [4.69, 9.17) is 5.11 Å². The third-order valence-electron chi connectivity index (χ3n) is 0.736. The zero-order valence-electron chi connectivity index (χ0n) is 5.89. The molecule has 0 aliphatic carbocycles. The number of hydrogen-bond acceptors (Lipinski definition) is 3. The molecule has 0 unspecified atom stereocenters. The van der Waals surface area contributed by atoms with E-state index in [1.165, 1.54) is 6.92 Å². The molecule has 0 saturated carbocycles. The molecular formula is C7H10O3. The third kappa shape index (κ3) is 6.99. The average Bonchev–Trinajstić information content (AvgIpc) is 1.87. The highest BCUT2D eigenvalue weighted by Crippen LogP contribution is 1.80. The minimum absolute atomic E-state index is 0.139. The topological polar surface area (TPSA) is 46.5 Å². The molecule has 0 rings (SSSR count). The fraction of sp³-hybridized carbons (Fsp3) is 0.571. The highest BCUT2D eigenvalue weighted by molar-refractivity contribution is 5.65. The van der Waals surface area contributed by atoms with Crippen molar-refractivity contribution in [3.05, 3.63) is 0 Å². The zero-order chi connectivity index (χ0) is 7.82. The van der Waals surface area contributed by atoms with Crippen molar-refractivity contribution < 1.29 is 14.6 Å². The van der Waals surface area contributed by atoms with Gasteiger partial charge in [-0.05, 0) is 0 Å². The van der Waals surface area contributed by atoms with Crippen molar-refractivity contribution in [3.63, 3.8) is 0 Å². The number of hydrogen-bond donors (Lipinski definition) is 1. The van der Waals surface area contributed by atoms with Gasteiger partial charge < -0.3 is 9.84 Å². The summed E-state index contributed by atoms with van der Waals surface area (Å²) in [7, 11) is 0. The molecule has 3 heteroatoms. The van der Waals surface area contributed by atoms with Gasteiger partial charge in [0.15, 0.2) is 0 Å². The molecule has 0 spiro atoms. The first kappa shape index (κ1) is 8.99. The lowest BCUT2D eigenvalue weighted by Crippen LogP contribution is -1.99. The molecular weight excluding hydrogens is 132 g/mol. The van der Waals surface area contributed by atoms with Crippen LogP contribution in [0.2, 0.25) is 0 Å². The predicted molar refractivity (Wildman–Crippen MR) is 36.1 cm³/mol. The van der Waals surface area contributed by atoms with Gasteiger partial charge in [0.25, 0.3) is 0 Å². The maximum atomic E-state index is 10.2. The number of rotatable bonds is 2. The Morgan fingerprint density at radius 1 is 1.60 bits per heavy atom. The molecule has 0 heterocycles. The second-order valence-corrected chi connectivity index (χ2v) is 1.60. The second-order valence-electron chi connectivity index (χ2n) is 1.60. The van der Waals surface area contributed by atoms with Gasteiger partial charge in [-0.15, -0.1) is 0 Å². The van der Waals surface area contributed by atoms with Gasteiger partial charge in [0.2, 0.25) is 0 Å². The number of carbonyl (C=O) groups is 1. The van der Waals surface area contributed by atoms with Gasteiger partial charge in [0.1, 0.15) is 13.2 Å². The van der Waals surface area contributed by atoms with Crippen LogP contribution in [0.4, 0.5) is 0 Å². The summed E-state index contributed by atoms with van der Waals surface area (Å²) in [5, 5.41) is 8.19.